The largest absolute Gasteiger partial charge is 0.389 e. The highest BCUT2D eigenvalue weighted by Crippen LogP contribution is 2.31. The fourth-order valence-electron chi connectivity index (χ4n) is 3.07. The maximum absolute atomic E-state index is 10.7. The molecule has 1 N–H and O–H groups in total. The van der Waals surface area contributed by atoms with Gasteiger partial charge in [0.05, 0.1) is 5.60 Å². The molecule has 0 spiro atoms. The minimum atomic E-state index is -0.562. The van der Waals surface area contributed by atoms with Crippen molar-refractivity contribution >= 4 is 11.8 Å². The van der Waals surface area contributed by atoms with Gasteiger partial charge in [-0.1, -0.05) is 19.1 Å². The third kappa shape index (κ3) is 4.46. The number of hydrogen-bond donors (Lipinski definition) is 1. The molecule has 0 unspecified atom stereocenters. The summed E-state index contributed by atoms with van der Waals surface area (Å²) in [6.45, 7) is 5.66. The van der Waals surface area contributed by atoms with Gasteiger partial charge in [-0.2, -0.15) is 0 Å². The number of thioether (sulfide) groups is 1. The van der Waals surface area contributed by atoms with Gasteiger partial charge in [0.2, 0.25) is 0 Å². The van der Waals surface area contributed by atoms with Gasteiger partial charge in [-0.15, -0.1) is 11.8 Å². The molecule has 0 bridgehead atoms. The highest BCUT2D eigenvalue weighted by atomic mass is 32.2. The fourth-order valence-corrected chi connectivity index (χ4v) is 3.55. The van der Waals surface area contributed by atoms with E-state index in [9.17, 15) is 5.11 Å². The molecule has 2 atom stereocenters. The average Bonchev–Trinajstić information content (AvgIpc) is 2.49. The molecule has 0 aliphatic carbocycles. The van der Waals surface area contributed by atoms with Crippen LogP contribution in [0.1, 0.15) is 25.3 Å². The fraction of sp³-hybridized carbons (Fsp3) is 0.647. The van der Waals surface area contributed by atoms with E-state index in [1.165, 1.54) is 10.5 Å². The van der Waals surface area contributed by atoms with Crippen molar-refractivity contribution in [1.82, 2.24) is 4.90 Å². The number of likely N-dealkylation sites (tertiary alicyclic amines) is 1. The number of rotatable bonds is 6. The number of methoxy groups -OCH3 is 1. The third-order valence-corrected chi connectivity index (χ3v) is 5.32. The molecule has 0 saturated carbocycles. The van der Waals surface area contributed by atoms with Gasteiger partial charge in [0.1, 0.15) is 0 Å². The monoisotopic (exact) mass is 309 g/mol. The van der Waals surface area contributed by atoms with Crippen molar-refractivity contribution in [2.75, 3.05) is 33.1 Å². The number of aliphatic hydroxyl groups is 1. The second-order valence-electron chi connectivity index (χ2n) is 6.08. The van der Waals surface area contributed by atoms with E-state index in [4.69, 9.17) is 4.74 Å². The molecule has 21 heavy (non-hydrogen) atoms. The standard InChI is InChI=1S/C17H27NO2S/c1-14-12-18(9-7-17(14,19)8-10-20-2)13-15-5-4-6-16(11-15)21-3/h4-6,11,14,19H,7-10,12-13H2,1-3H3/t14-,17-/m0/s1. The summed E-state index contributed by atoms with van der Waals surface area (Å²) < 4.78 is 5.13. The van der Waals surface area contributed by atoms with Crippen LogP contribution in [0, 0.1) is 5.92 Å². The molecule has 1 saturated heterocycles. The zero-order valence-electron chi connectivity index (χ0n) is 13.3. The summed E-state index contributed by atoms with van der Waals surface area (Å²) in [5.74, 6) is 0.283. The van der Waals surface area contributed by atoms with Gasteiger partial charge in [-0.3, -0.25) is 4.90 Å². The molecule has 1 fully saturated rings. The lowest BCUT2D eigenvalue weighted by Gasteiger charge is -2.43. The van der Waals surface area contributed by atoms with E-state index >= 15 is 0 Å². The van der Waals surface area contributed by atoms with E-state index in [1.54, 1.807) is 18.9 Å². The van der Waals surface area contributed by atoms with Crippen LogP contribution in [-0.2, 0) is 11.3 Å². The van der Waals surface area contributed by atoms with Crippen LogP contribution < -0.4 is 0 Å². The van der Waals surface area contributed by atoms with Crippen molar-refractivity contribution in [2.24, 2.45) is 5.92 Å². The van der Waals surface area contributed by atoms with Crippen LogP contribution >= 0.6 is 11.8 Å². The van der Waals surface area contributed by atoms with E-state index in [-0.39, 0.29) is 5.92 Å². The molecular formula is C17H27NO2S. The summed E-state index contributed by atoms with van der Waals surface area (Å²) in [5.41, 5.74) is 0.796. The molecule has 3 nitrogen and oxygen atoms in total. The van der Waals surface area contributed by atoms with Crippen LogP contribution in [0.3, 0.4) is 0 Å². The Morgan fingerprint density at radius 1 is 1.48 bits per heavy atom. The Morgan fingerprint density at radius 3 is 2.95 bits per heavy atom. The summed E-state index contributed by atoms with van der Waals surface area (Å²) in [6.07, 6.45) is 3.68. The number of nitrogens with zero attached hydrogens (tertiary/aromatic N) is 1. The summed E-state index contributed by atoms with van der Waals surface area (Å²) >= 11 is 1.78. The first kappa shape index (κ1) is 16.8. The van der Waals surface area contributed by atoms with Crippen LogP contribution in [0.2, 0.25) is 0 Å². The van der Waals surface area contributed by atoms with E-state index in [0.717, 1.165) is 32.5 Å². The normalized spacial score (nSPS) is 27.0. The molecule has 1 aromatic carbocycles. The van der Waals surface area contributed by atoms with E-state index in [0.29, 0.717) is 6.61 Å². The van der Waals surface area contributed by atoms with Crippen molar-refractivity contribution in [3.05, 3.63) is 29.8 Å². The zero-order chi connectivity index (χ0) is 15.3. The number of ether oxygens (including phenoxy) is 1. The molecule has 0 amide bonds. The maximum Gasteiger partial charge on any atom is 0.0719 e. The Bertz CT molecular complexity index is 454. The summed E-state index contributed by atoms with van der Waals surface area (Å²) in [4.78, 5) is 3.76. The van der Waals surface area contributed by atoms with Gasteiger partial charge in [-0.05, 0) is 42.7 Å². The predicted octanol–water partition coefficient (Wildman–Crippen LogP) is 3.02. The summed E-state index contributed by atoms with van der Waals surface area (Å²) in [5, 5.41) is 10.7. The van der Waals surface area contributed by atoms with Gasteiger partial charge in [-0.25, -0.2) is 0 Å². The minimum absolute atomic E-state index is 0.283. The zero-order valence-corrected chi connectivity index (χ0v) is 14.2. The summed E-state index contributed by atoms with van der Waals surface area (Å²) in [7, 11) is 1.70. The van der Waals surface area contributed by atoms with E-state index in [2.05, 4.69) is 42.3 Å². The Kier molecular flexibility index (Phi) is 6.11. The molecule has 1 heterocycles. The SMILES string of the molecule is COCC[C@@]1(O)CCN(Cc2cccc(SC)c2)C[C@@H]1C. The minimum Gasteiger partial charge on any atom is -0.389 e. The highest BCUT2D eigenvalue weighted by Gasteiger charge is 2.38. The lowest BCUT2D eigenvalue weighted by Crippen LogP contribution is -2.51. The Labute approximate surface area is 132 Å². The molecule has 0 radical (unpaired) electrons. The first-order valence-corrected chi connectivity index (χ1v) is 8.86. The van der Waals surface area contributed by atoms with Crippen LogP contribution in [0.25, 0.3) is 0 Å². The molecule has 0 aromatic heterocycles. The van der Waals surface area contributed by atoms with E-state index in [1.807, 2.05) is 0 Å². The van der Waals surface area contributed by atoms with Gasteiger partial charge < -0.3 is 9.84 Å². The van der Waals surface area contributed by atoms with Crippen molar-refractivity contribution in [3.8, 4) is 0 Å². The Balaban J connectivity index is 1.93. The maximum atomic E-state index is 10.7. The predicted molar refractivity (Wildman–Crippen MR) is 88.7 cm³/mol. The van der Waals surface area contributed by atoms with E-state index < -0.39 is 5.60 Å². The van der Waals surface area contributed by atoms with Crippen molar-refractivity contribution in [3.63, 3.8) is 0 Å². The second-order valence-corrected chi connectivity index (χ2v) is 6.96. The second kappa shape index (κ2) is 7.63. The topological polar surface area (TPSA) is 32.7 Å². The third-order valence-electron chi connectivity index (χ3n) is 4.59. The van der Waals surface area contributed by atoms with Crippen LogP contribution in [0.5, 0.6) is 0 Å². The number of benzene rings is 1. The van der Waals surface area contributed by atoms with Gasteiger partial charge in [0.25, 0.3) is 0 Å². The Morgan fingerprint density at radius 2 is 2.29 bits per heavy atom. The molecule has 1 aliphatic rings. The lowest BCUT2D eigenvalue weighted by molar-refractivity contribution is -0.0827. The molecule has 1 aliphatic heterocycles. The quantitative estimate of drug-likeness (QED) is 0.819. The molecular weight excluding hydrogens is 282 g/mol. The average molecular weight is 309 g/mol. The van der Waals surface area contributed by atoms with Gasteiger partial charge in [0.15, 0.2) is 0 Å². The smallest absolute Gasteiger partial charge is 0.0719 e. The van der Waals surface area contributed by atoms with Crippen molar-refractivity contribution in [1.29, 1.82) is 0 Å². The Hall–Kier alpha value is -0.550. The lowest BCUT2D eigenvalue weighted by atomic mass is 9.80. The van der Waals surface area contributed by atoms with Crippen LogP contribution in [-0.4, -0.2) is 48.7 Å². The highest BCUT2D eigenvalue weighted by molar-refractivity contribution is 7.98. The summed E-state index contributed by atoms with van der Waals surface area (Å²) in [6, 6.07) is 8.73. The van der Waals surface area contributed by atoms with Crippen molar-refractivity contribution < 1.29 is 9.84 Å². The van der Waals surface area contributed by atoms with Crippen molar-refractivity contribution in [2.45, 2.75) is 36.8 Å². The van der Waals surface area contributed by atoms with Crippen LogP contribution in [0.4, 0.5) is 0 Å². The number of hydrogen-bond acceptors (Lipinski definition) is 4. The molecule has 118 valence electrons. The molecule has 1 aromatic rings. The van der Waals surface area contributed by atoms with Gasteiger partial charge >= 0.3 is 0 Å². The van der Waals surface area contributed by atoms with Gasteiger partial charge in [0, 0.05) is 38.2 Å². The first-order valence-electron chi connectivity index (χ1n) is 7.64. The van der Waals surface area contributed by atoms with Crippen LogP contribution in [0.15, 0.2) is 29.2 Å². The molecule has 2 rings (SSSR count). The molecule has 4 heteroatoms. The first-order chi connectivity index (χ1) is 10.1. The number of piperidine rings is 1.